The molecule has 0 fully saturated rings. The largest absolute Gasteiger partial charge is 0.375 e. The lowest BCUT2D eigenvalue weighted by Crippen LogP contribution is -2.31. The lowest BCUT2D eigenvalue weighted by atomic mass is 9.84. The molecular weight excluding hydrogens is 287 g/mol. The van der Waals surface area contributed by atoms with Gasteiger partial charge in [0.1, 0.15) is 5.82 Å². The lowest BCUT2D eigenvalue weighted by Gasteiger charge is -2.33. The van der Waals surface area contributed by atoms with Gasteiger partial charge in [0, 0.05) is 6.61 Å². The van der Waals surface area contributed by atoms with E-state index in [1.54, 1.807) is 12.1 Å². The van der Waals surface area contributed by atoms with Crippen molar-refractivity contribution in [1.29, 1.82) is 0 Å². The standard InChI is InChI=1S/C19H27FO.C2H6/c1-4-15(2)10-13-21-19(3)11-8-16(9-12-19)17-6-5-7-18(20)14-17;1-2/h5-8,14-15H,4,9-13H2,1-3H3;1-2H3. The number of halogens is 1. The third-order valence-corrected chi connectivity index (χ3v) is 4.66. The third-order valence-electron chi connectivity index (χ3n) is 4.66. The van der Waals surface area contributed by atoms with Gasteiger partial charge in [-0.2, -0.15) is 0 Å². The van der Waals surface area contributed by atoms with Gasteiger partial charge < -0.3 is 4.74 Å². The lowest BCUT2D eigenvalue weighted by molar-refractivity contribution is -0.0413. The van der Waals surface area contributed by atoms with Crippen LogP contribution in [0.25, 0.3) is 5.57 Å². The maximum Gasteiger partial charge on any atom is 0.123 e. The van der Waals surface area contributed by atoms with Crippen LogP contribution in [0.4, 0.5) is 4.39 Å². The fraction of sp³-hybridized carbons (Fsp3) is 0.619. The van der Waals surface area contributed by atoms with Crippen molar-refractivity contribution in [3.05, 3.63) is 41.7 Å². The van der Waals surface area contributed by atoms with E-state index in [0.29, 0.717) is 0 Å². The number of rotatable bonds is 6. The molecule has 1 aromatic rings. The van der Waals surface area contributed by atoms with Gasteiger partial charge in [0.15, 0.2) is 0 Å². The maximum absolute atomic E-state index is 13.3. The molecule has 2 heteroatoms. The van der Waals surface area contributed by atoms with Gasteiger partial charge in [0.2, 0.25) is 0 Å². The minimum Gasteiger partial charge on any atom is -0.375 e. The van der Waals surface area contributed by atoms with Crippen LogP contribution in [-0.4, -0.2) is 12.2 Å². The zero-order valence-corrected chi connectivity index (χ0v) is 15.5. The second-order valence-corrected chi connectivity index (χ2v) is 6.54. The molecule has 1 aliphatic carbocycles. The number of hydrogen-bond donors (Lipinski definition) is 0. The van der Waals surface area contributed by atoms with Gasteiger partial charge in [0.05, 0.1) is 5.60 Å². The summed E-state index contributed by atoms with van der Waals surface area (Å²) in [6.07, 6.45) is 7.45. The Morgan fingerprint density at radius 2 is 2.04 bits per heavy atom. The Bertz CT molecular complexity index is 494. The number of benzene rings is 1. The van der Waals surface area contributed by atoms with Crippen LogP contribution < -0.4 is 0 Å². The molecule has 0 saturated carbocycles. The van der Waals surface area contributed by atoms with E-state index >= 15 is 0 Å². The Labute approximate surface area is 141 Å². The van der Waals surface area contributed by atoms with Crippen LogP contribution in [0.3, 0.4) is 0 Å². The van der Waals surface area contributed by atoms with Crippen molar-refractivity contribution >= 4 is 5.57 Å². The van der Waals surface area contributed by atoms with Crippen LogP contribution in [0.2, 0.25) is 0 Å². The van der Waals surface area contributed by atoms with Crippen LogP contribution in [0.15, 0.2) is 30.3 Å². The molecule has 0 radical (unpaired) electrons. The first-order valence-electron chi connectivity index (χ1n) is 9.11. The van der Waals surface area contributed by atoms with Crippen LogP contribution in [0.1, 0.15) is 72.3 Å². The number of allylic oxidation sites excluding steroid dienone is 1. The van der Waals surface area contributed by atoms with E-state index in [-0.39, 0.29) is 11.4 Å². The van der Waals surface area contributed by atoms with Gasteiger partial charge in [-0.1, -0.05) is 52.3 Å². The van der Waals surface area contributed by atoms with Gasteiger partial charge in [-0.3, -0.25) is 0 Å². The first-order chi connectivity index (χ1) is 11.0. The fourth-order valence-electron chi connectivity index (χ4n) is 2.73. The van der Waals surface area contributed by atoms with Gasteiger partial charge in [-0.05, 0) is 61.8 Å². The highest BCUT2D eigenvalue weighted by Crippen LogP contribution is 2.35. The fourth-order valence-corrected chi connectivity index (χ4v) is 2.73. The summed E-state index contributed by atoms with van der Waals surface area (Å²) in [7, 11) is 0. The molecule has 0 saturated heterocycles. The first-order valence-corrected chi connectivity index (χ1v) is 9.11. The highest BCUT2D eigenvalue weighted by molar-refractivity contribution is 5.66. The topological polar surface area (TPSA) is 9.23 Å². The Morgan fingerprint density at radius 1 is 1.30 bits per heavy atom. The van der Waals surface area contributed by atoms with Crippen molar-refractivity contribution in [2.45, 2.75) is 72.3 Å². The molecule has 130 valence electrons. The van der Waals surface area contributed by atoms with Crippen LogP contribution in [0.5, 0.6) is 0 Å². The molecule has 23 heavy (non-hydrogen) atoms. The van der Waals surface area contributed by atoms with Crippen LogP contribution in [0, 0.1) is 11.7 Å². The first kappa shape index (κ1) is 19.9. The molecule has 0 aromatic heterocycles. The summed E-state index contributed by atoms with van der Waals surface area (Å²) >= 11 is 0. The van der Waals surface area contributed by atoms with Crippen molar-refractivity contribution in [1.82, 2.24) is 0 Å². The molecule has 0 amide bonds. The highest BCUT2D eigenvalue weighted by atomic mass is 19.1. The predicted octanol–water partition coefficient (Wildman–Crippen LogP) is 6.63. The average molecular weight is 320 g/mol. The molecule has 2 unspecified atom stereocenters. The molecule has 0 N–H and O–H groups in total. The van der Waals surface area contributed by atoms with E-state index in [0.717, 1.165) is 43.8 Å². The Kier molecular flexibility index (Phi) is 8.54. The van der Waals surface area contributed by atoms with Crippen molar-refractivity contribution in [3.63, 3.8) is 0 Å². The van der Waals surface area contributed by atoms with Crippen molar-refractivity contribution < 1.29 is 9.13 Å². The summed E-state index contributed by atoms with van der Waals surface area (Å²) in [6.45, 7) is 11.5. The van der Waals surface area contributed by atoms with E-state index in [9.17, 15) is 4.39 Å². The van der Waals surface area contributed by atoms with E-state index in [4.69, 9.17) is 4.74 Å². The molecule has 1 aliphatic rings. The number of ether oxygens (including phenoxy) is 1. The molecule has 0 bridgehead atoms. The summed E-state index contributed by atoms with van der Waals surface area (Å²) < 4.78 is 19.4. The second-order valence-electron chi connectivity index (χ2n) is 6.54. The van der Waals surface area contributed by atoms with E-state index < -0.39 is 0 Å². The smallest absolute Gasteiger partial charge is 0.123 e. The molecule has 2 rings (SSSR count). The minimum absolute atomic E-state index is 0.0513. The van der Waals surface area contributed by atoms with Crippen molar-refractivity contribution in [2.24, 2.45) is 5.92 Å². The summed E-state index contributed by atoms with van der Waals surface area (Å²) in [4.78, 5) is 0. The van der Waals surface area contributed by atoms with Gasteiger partial charge >= 0.3 is 0 Å². The van der Waals surface area contributed by atoms with E-state index in [1.165, 1.54) is 18.1 Å². The molecule has 1 nitrogen and oxygen atoms in total. The zero-order chi connectivity index (χ0) is 17.3. The Hall–Kier alpha value is -1.15. The quantitative estimate of drug-likeness (QED) is 0.571. The van der Waals surface area contributed by atoms with Crippen molar-refractivity contribution in [2.75, 3.05) is 6.61 Å². The van der Waals surface area contributed by atoms with Crippen LogP contribution in [-0.2, 0) is 4.74 Å². The van der Waals surface area contributed by atoms with Crippen LogP contribution >= 0.6 is 0 Å². The normalized spacial score (nSPS) is 21.9. The minimum atomic E-state index is -0.161. The van der Waals surface area contributed by atoms with Gasteiger partial charge in [-0.25, -0.2) is 4.39 Å². The van der Waals surface area contributed by atoms with E-state index in [1.807, 2.05) is 19.9 Å². The summed E-state index contributed by atoms with van der Waals surface area (Å²) in [6, 6.07) is 6.89. The predicted molar refractivity (Wildman–Crippen MR) is 98.0 cm³/mol. The van der Waals surface area contributed by atoms with Gasteiger partial charge in [-0.15, -0.1) is 0 Å². The van der Waals surface area contributed by atoms with Crippen molar-refractivity contribution in [3.8, 4) is 0 Å². The Morgan fingerprint density at radius 3 is 2.61 bits per heavy atom. The second kappa shape index (κ2) is 9.87. The number of hydrogen-bond acceptors (Lipinski definition) is 1. The summed E-state index contributed by atoms with van der Waals surface area (Å²) in [5.74, 6) is 0.571. The molecule has 0 spiro atoms. The van der Waals surface area contributed by atoms with E-state index in [2.05, 4.69) is 26.8 Å². The molecule has 2 atom stereocenters. The monoisotopic (exact) mass is 320 g/mol. The highest BCUT2D eigenvalue weighted by Gasteiger charge is 2.28. The molecule has 0 heterocycles. The zero-order valence-electron chi connectivity index (χ0n) is 15.5. The van der Waals surface area contributed by atoms with Gasteiger partial charge in [0.25, 0.3) is 0 Å². The maximum atomic E-state index is 13.3. The molecule has 1 aromatic carbocycles. The average Bonchev–Trinajstić information content (AvgIpc) is 2.57. The third kappa shape index (κ3) is 6.47. The molecular formula is C21H33FO. The Balaban J connectivity index is 0.00000127. The summed E-state index contributed by atoms with van der Waals surface area (Å²) in [5, 5.41) is 0. The SMILES string of the molecule is CC.CCC(C)CCOC1(C)CC=C(c2cccc(F)c2)CC1. The molecule has 0 aliphatic heterocycles. The summed E-state index contributed by atoms with van der Waals surface area (Å²) in [5.41, 5.74) is 2.21.